The van der Waals surface area contributed by atoms with Gasteiger partial charge in [-0.05, 0) is 24.1 Å². The Balaban J connectivity index is 1.77. The molecule has 2 rings (SSSR count). The summed E-state index contributed by atoms with van der Waals surface area (Å²) in [4.78, 5) is 11.8. The van der Waals surface area contributed by atoms with Crippen molar-refractivity contribution in [3.05, 3.63) is 60.1 Å². The molecule has 1 aromatic carbocycles. The summed E-state index contributed by atoms with van der Waals surface area (Å²) < 4.78 is 5.16. The Morgan fingerprint density at radius 3 is 2.65 bits per heavy atom. The monoisotopic (exact) mass is 272 g/mol. The first-order valence-electron chi connectivity index (χ1n) is 6.87. The second kappa shape index (κ2) is 7.50. The van der Waals surface area contributed by atoms with Crippen LogP contribution in [-0.2, 0) is 11.3 Å². The van der Waals surface area contributed by atoms with Crippen LogP contribution in [0.5, 0.6) is 0 Å². The van der Waals surface area contributed by atoms with E-state index in [0.29, 0.717) is 13.1 Å². The van der Waals surface area contributed by atoms with E-state index in [1.807, 2.05) is 30.3 Å². The minimum absolute atomic E-state index is 0.0317. The molecule has 0 saturated heterocycles. The van der Waals surface area contributed by atoms with Gasteiger partial charge in [0.05, 0.1) is 19.4 Å². The molecule has 4 heteroatoms. The minimum atomic E-state index is -0.0317. The first-order valence-corrected chi connectivity index (χ1v) is 6.87. The third-order valence-electron chi connectivity index (χ3n) is 3.16. The van der Waals surface area contributed by atoms with Crippen LogP contribution in [0.4, 0.5) is 0 Å². The van der Waals surface area contributed by atoms with Crippen molar-refractivity contribution in [2.75, 3.05) is 6.54 Å². The zero-order valence-corrected chi connectivity index (χ0v) is 11.6. The van der Waals surface area contributed by atoms with Crippen molar-refractivity contribution in [2.45, 2.75) is 25.9 Å². The van der Waals surface area contributed by atoms with Crippen LogP contribution in [0.3, 0.4) is 0 Å². The van der Waals surface area contributed by atoms with Crippen molar-refractivity contribution in [1.82, 2.24) is 10.6 Å². The van der Waals surface area contributed by atoms with E-state index in [2.05, 4.69) is 29.7 Å². The van der Waals surface area contributed by atoms with Gasteiger partial charge < -0.3 is 15.1 Å². The summed E-state index contributed by atoms with van der Waals surface area (Å²) in [6, 6.07) is 14.0. The average Bonchev–Trinajstić information content (AvgIpc) is 3.00. The molecule has 1 amide bonds. The van der Waals surface area contributed by atoms with Crippen molar-refractivity contribution in [3.8, 4) is 0 Å². The van der Waals surface area contributed by atoms with Crippen LogP contribution in [0.2, 0.25) is 0 Å². The molecular weight excluding hydrogens is 252 g/mol. The highest BCUT2D eigenvalue weighted by Crippen LogP contribution is 2.15. The molecule has 106 valence electrons. The predicted octanol–water partition coefficient (Wildman–Crippen LogP) is 2.64. The molecule has 0 aliphatic rings. The van der Waals surface area contributed by atoms with E-state index in [0.717, 1.165) is 12.2 Å². The highest BCUT2D eigenvalue weighted by atomic mass is 16.3. The van der Waals surface area contributed by atoms with E-state index in [1.165, 1.54) is 5.56 Å². The van der Waals surface area contributed by atoms with Gasteiger partial charge in [0.15, 0.2) is 0 Å². The topological polar surface area (TPSA) is 54.3 Å². The lowest BCUT2D eigenvalue weighted by Gasteiger charge is -2.17. The lowest BCUT2D eigenvalue weighted by atomic mass is 10.0. The van der Waals surface area contributed by atoms with E-state index in [9.17, 15) is 4.79 Å². The van der Waals surface area contributed by atoms with Gasteiger partial charge in [0.1, 0.15) is 5.76 Å². The van der Waals surface area contributed by atoms with Crippen LogP contribution in [0.1, 0.15) is 30.7 Å². The maximum Gasteiger partial charge on any atom is 0.234 e. The molecule has 20 heavy (non-hydrogen) atoms. The quantitative estimate of drug-likeness (QED) is 0.814. The van der Waals surface area contributed by atoms with Crippen LogP contribution < -0.4 is 10.6 Å². The van der Waals surface area contributed by atoms with Gasteiger partial charge in [0.2, 0.25) is 5.91 Å². The van der Waals surface area contributed by atoms with Crippen LogP contribution in [0.25, 0.3) is 0 Å². The van der Waals surface area contributed by atoms with E-state index >= 15 is 0 Å². The molecule has 1 heterocycles. The summed E-state index contributed by atoms with van der Waals surface area (Å²) in [5.74, 6) is 0.726. The highest BCUT2D eigenvalue weighted by Gasteiger charge is 2.10. The van der Waals surface area contributed by atoms with Crippen molar-refractivity contribution in [1.29, 1.82) is 0 Å². The largest absolute Gasteiger partial charge is 0.467 e. The zero-order chi connectivity index (χ0) is 14.2. The third-order valence-corrected chi connectivity index (χ3v) is 3.16. The summed E-state index contributed by atoms with van der Waals surface area (Å²) in [5.41, 5.74) is 1.20. The minimum Gasteiger partial charge on any atom is -0.467 e. The standard InChI is InChI=1S/C16H20N2O2/c1-2-15(13-7-4-3-5-8-13)17-12-16(19)18-11-14-9-6-10-20-14/h3-10,15,17H,2,11-12H2,1H3,(H,18,19). The van der Waals surface area contributed by atoms with Crippen LogP contribution >= 0.6 is 0 Å². The van der Waals surface area contributed by atoms with Crippen LogP contribution in [-0.4, -0.2) is 12.5 Å². The number of benzene rings is 1. The van der Waals surface area contributed by atoms with Crippen molar-refractivity contribution in [2.24, 2.45) is 0 Å². The molecule has 0 fully saturated rings. The lowest BCUT2D eigenvalue weighted by molar-refractivity contribution is -0.120. The van der Waals surface area contributed by atoms with E-state index in [1.54, 1.807) is 6.26 Å². The van der Waals surface area contributed by atoms with Crippen molar-refractivity contribution < 1.29 is 9.21 Å². The Labute approximate surface area is 119 Å². The number of hydrogen-bond donors (Lipinski definition) is 2. The van der Waals surface area contributed by atoms with Crippen LogP contribution in [0, 0.1) is 0 Å². The molecule has 2 aromatic rings. The van der Waals surface area contributed by atoms with Gasteiger partial charge in [-0.2, -0.15) is 0 Å². The molecule has 0 aliphatic heterocycles. The van der Waals surface area contributed by atoms with Gasteiger partial charge in [-0.1, -0.05) is 37.3 Å². The zero-order valence-electron chi connectivity index (χ0n) is 11.6. The van der Waals surface area contributed by atoms with Crippen molar-refractivity contribution in [3.63, 3.8) is 0 Å². The Kier molecular flexibility index (Phi) is 5.38. The number of amides is 1. The summed E-state index contributed by atoms with van der Waals surface area (Å²) in [5, 5.41) is 6.09. The van der Waals surface area contributed by atoms with E-state index in [4.69, 9.17) is 4.42 Å². The summed E-state index contributed by atoms with van der Waals surface area (Å²) in [6.07, 6.45) is 2.54. The molecule has 1 aromatic heterocycles. The smallest absolute Gasteiger partial charge is 0.234 e. The van der Waals surface area contributed by atoms with Crippen molar-refractivity contribution >= 4 is 5.91 Å². The van der Waals surface area contributed by atoms with Gasteiger partial charge >= 0.3 is 0 Å². The normalized spacial score (nSPS) is 12.1. The Hall–Kier alpha value is -2.07. The second-order valence-electron chi connectivity index (χ2n) is 4.61. The fourth-order valence-corrected chi connectivity index (χ4v) is 2.06. The van der Waals surface area contributed by atoms with Crippen LogP contribution in [0.15, 0.2) is 53.1 Å². The molecule has 0 bridgehead atoms. The lowest BCUT2D eigenvalue weighted by Crippen LogP contribution is -2.35. The number of furan rings is 1. The Morgan fingerprint density at radius 2 is 2.00 bits per heavy atom. The number of rotatable bonds is 7. The van der Waals surface area contributed by atoms with Gasteiger partial charge in [-0.3, -0.25) is 4.79 Å². The average molecular weight is 272 g/mol. The Bertz CT molecular complexity index is 509. The van der Waals surface area contributed by atoms with Gasteiger partial charge in [-0.15, -0.1) is 0 Å². The van der Waals surface area contributed by atoms with E-state index < -0.39 is 0 Å². The molecule has 0 aliphatic carbocycles. The fraction of sp³-hybridized carbons (Fsp3) is 0.312. The second-order valence-corrected chi connectivity index (χ2v) is 4.61. The number of hydrogen-bond acceptors (Lipinski definition) is 3. The molecular formula is C16H20N2O2. The molecule has 0 spiro atoms. The molecule has 1 atom stereocenters. The number of nitrogens with one attached hydrogen (secondary N) is 2. The maximum atomic E-state index is 11.8. The molecule has 1 unspecified atom stereocenters. The molecule has 0 radical (unpaired) electrons. The Morgan fingerprint density at radius 1 is 1.20 bits per heavy atom. The first-order chi connectivity index (χ1) is 9.79. The number of carbonyl (C=O) groups excluding carboxylic acids is 1. The fourth-order valence-electron chi connectivity index (χ4n) is 2.06. The van der Waals surface area contributed by atoms with E-state index in [-0.39, 0.29) is 11.9 Å². The molecule has 0 saturated carbocycles. The number of carbonyl (C=O) groups is 1. The maximum absolute atomic E-state index is 11.8. The van der Waals surface area contributed by atoms with Gasteiger partial charge in [-0.25, -0.2) is 0 Å². The molecule has 4 nitrogen and oxygen atoms in total. The summed E-state index contributed by atoms with van der Waals surface area (Å²) in [6.45, 7) is 2.83. The predicted molar refractivity (Wildman–Crippen MR) is 78.0 cm³/mol. The van der Waals surface area contributed by atoms with Gasteiger partial charge in [0, 0.05) is 6.04 Å². The SMILES string of the molecule is CCC(NCC(=O)NCc1ccco1)c1ccccc1. The first kappa shape index (κ1) is 14.3. The van der Waals surface area contributed by atoms with Gasteiger partial charge in [0.25, 0.3) is 0 Å². The highest BCUT2D eigenvalue weighted by molar-refractivity contribution is 5.77. The third kappa shape index (κ3) is 4.24. The summed E-state index contributed by atoms with van der Waals surface area (Å²) in [7, 11) is 0. The molecule has 2 N–H and O–H groups in total. The summed E-state index contributed by atoms with van der Waals surface area (Å²) >= 11 is 0.